The molecule has 118 valence electrons. The van der Waals surface area contributed by atoms with Gasteiger partial charge in [-0.1, -0.05) is 0 Å². The van der Waals surface area contributed by atoms with Crippen molar-refractivity contribution in [3.63, 3.8) is 0 Å². The molecule has 0 aliphatic heterocycles. The first-order chi connectivity index (χ1) is 10.1. The van der Waals surface area contributed by atoms with Crippen molar-refractivity contribution in [3.05, 3.63) is 48.3 Å². The maximum Gasteiger partial charge on any atom is 0.229 e. The second kappa shape index (κ2) is 5.58. The highest BCUT2D eigenvalue weighted by molar-refractivity contribution is 7.92. The maximum absolute atomic E-state index is 12.9. The zero-order valence-corrected chi connectivity index (χ0v) is 12.9. The minimum atomic E-state index is -4.12. The van der Waals surface area contributed by atoms with Crippen LogP contribution in [0, 0.1) is 5.82 Å². The van der Waals surface area contributed by atoms with E-state index in [4.69, 9.17) is 0 Å². The predicted molar refractivity (Wildman–Crippen MR) is 78.4 cm³/mol. The number of hydrogen-bond donors (Lipinski definition) is 2. The van der Waals surface area contributed by atoms with E-state index in [0.29, 0.717) is 0 Å². The molecule has 0 amide bonds. The second-order valence-corrected chi connectivity index (χ2v) is 8.18. The maximum atomic E-state index is 12.9. The van der Waals surface area contributed by atoms with Crippen LogP contribution in [0.1, 0.15) is 0 Å². The fourth-order valence-corrected chi connectivity index (χ4v) is 3.68. The lowest BCUT2D eigenvalue weighted by molar-refractivity contribution is 0.459. The van der Waals surface area contributed by atoms with Crippen molar-refractivity contribution in [2.75, 3.05) is 11.0 Å². The first kappa shape index (κ1) is 16.2. The minimum absolute atomic E-state index is 0.0130. The van der Waals surface area contributed by atoms with Crippen molar-refractivity contribution in [1.82, 2.24) is 0 Å². The molecule has 9 heteroatoms. The molecular formula is C13H12FNO5S2. The van der Waals surface area contributed by atoms with Gasteiger partial charge >= 0.3 is 0 Å². The lowest BCUT2D eigenvalue weighted by atomic mass is 10.3. The Labute approximate surface area is 127 Å². The van der Waals surface area contributed by atoms with Crippen LogP contribution in [0.25, 0.3) is 0 Å². The fraction of sp³-hybridized carbons (Fsp3) is 0.0769. The van der Waals surface area contributed by atoms with E-state index in [0.717, 1.165) is 42.7 Å². The Kier molecular flexibility index (Phi) is 4.12. The van der Waals surface area contributed by atoms with Gasteiger partial charge in [0.25, 0.3) is 0 Å². The number of nitrogens with one attached hydrogen (secondary N) is 1. The van der Waals surface area contributed by atoms with Crippen LogP contribution in [0.2, 0.25) is 0 Å². The zero-order valence-electron chi connectivity index (χ0n) is 11.3. The normalized spacial score (nSPS) is 12.1. The largest absolute Gasteiger partial charge is 0.507 e. The van der Waals surface area contributed by atoms with Gasteiger partial charge in [0, 0.05) is 0 Å². The lowest BCUT2D eigenvalue weighted by Gasteiger charge is -2.10. The predicted octanol–water partition coefficient (Wildman–Crippen LogP) is 1.74. The third-order valence-electron chi connectivity index (χ3n) is 2.68. The summed E-state index contributed by atoms with van der Waals surface area (Å²) in [5.41, 5.74) is -0.0130. The van der Waals surface area contributed by atoms with E-state index < -0.39 is 36.3 Å². The Hall–Kier alpha value is -2.13. The SMILES string of the molecule is CS(=O)(=O)Nc1ccc(O)c(S(=O)(=O)c2ccc(F)cc2)c1. The molecule has 2 aromatic carbocycles. The van der Waals surface area contributed by atoms with Crippen molar-refractivity contribution < 1.29 is 26.3 Å². The third-order valence-corrected chi connectivity index (χ3v) is 5.08. The molecule has 0 bridgehead atoms. The van der Waals surface area contributed by atoms with Gasteiger partial charge in [0.05, 0.1) is 16.8 Å². The second-order valence-electron chi connectivity index (χ2n) is 4.51. The number of phenolic OH excluding ortho intramolecular Hbond substituents is 1. The van der Waals surface area contributed by atoms with Crippen LogP contribution in [-0.2, 0) is 19.9 Å². The first-order valence-corrected chi connectivity index (χ1v) is 9.28. The van der Waals surface area contributed by atoms with Gasteiger partial charge in [-0.25, -0.2) is 21.2 Å². The topological polar surface area (TPSA) is 101 Å². The highest BCUT2D eigenvalue weighted by Crippen LogP contribution is 2.31. The highest BCUT2D eigenvalue weighted by Gasteiger charge is 2.22. The summed E-state index contributed by atoms with van der Waals surface area (Å²) in [5.74, 6) is -1.14. The van der Waals surface area contributed by atoms with Crippen LogP contribution in [-0.4, -0.2) is 28.2 Å². The molecule has 2 N–H and O–H groups in total. The number of rotatable bonds is 4. The van der Waals surface area contributed by atoms with Gasteiger partial charge in [0.15, 0.2) is 0 Å². The van der Waals surface area contributed by atoms with Crippen LogP contribution < -0.4 is 4.72 Å². The summed E-state index contributed by atoms with van der Waals surface area (Å²) < 4.78 is 62.2. The van der Waals surface area contributed by atoms with Gasteiger partial charge in [-0.05, 0) is 42.5 Å². The van der Waals surface area contributed by atoms with Crippen LogP contribution in [0.4, 0.5) is 10.1 Å². The average molecular weight is 345 g/mol. The van der Waals surface area contributed by atoms with E-state index >= 15 is 0 Å². The Morgan fingerprint density at radius 2 is 1.59 bits per heavy atom. The van der Waals surface area contributed by atoms with Crippen molar-refractivity contribution in [2.45, 2.75) is 9.79 Å². The van der Waals surface area contributed by atoms with E-state index in [1.54, 1.807) is 0 Å². The molecule has 0 aromatic heterocycles. The molecular weight excluding hydrogens is 333 g/mol. The summed E-state index contributed by atoms with van der Waals surface area (Å²) in [6.45, 7) is 0. The smallest absolute Gasteiger partial charge is 0.229 e. The summed E-state index contributed by atoms with van der Waals surface area (Å²) in [4.78, 5) is -0.700. The molecule has 2 aromatic rings. The van der Waals surface area contributed by atoms with Crippen LogP contribution in [0.3, 0.4) is 0 Å². The molecule has 0 unspecified atom stereocenters. The Balaban J connectivity index is 2.55. The summed E-state index contributed by atoms with van der Waals surface area (Å²) in [7, 11) is -7.71. The summed E-state index contributed by atoms with van der Waals surface area (Å²) >= 11 is 0. The summed E-state index contributed by atoms with van der Waals surface area (Å²) in [6.07, 6.45) is 0.911. The monoisotopic (exact) mass is 345 g/mol. The molecule has 0 saturated heterocycles. The summed E-state index contributed by atoms with van der Waals surface area (Å²) in [5, 5.41) is 9.75. The summed E-state index contributed by atoms with van der Waals surface area (Å²) in [6, 6.07) is 7.34. The van der Waals surface area contributed by atoms with Crippen LogP contribution >= 0.6 is 0 Å². The number of benzene rings is 2. The van der Waals surface area contributed by atoms with Crippen molar-refractivity contribution in [2.24, 2.45) is 0 Å². The molecule has 0 atom stereocenters. The van der Waals surface area contributed by atoms with Crippen LogP contribution in [0.15, 0.2) is 52.3 Å². The van der Waals surface area contributed by atoms with E-state index in [-0.39, 0.29) is 10.6 Å². The Bertz CT molecular complexity index is 906. The van der Waals surface area contributed by atoms with Crippen LogP contribution in [0.5, 0.6) is 5.75 Å². The van der Waals surface area contributed by atoms with Gasteiger partial charge in [0.1, 0.15) is 16.5 Å². The quantitative estimate of drug-likeness (QED) is 0.649. The van der Waals surface area contributed by atoms with Crippen molar-refractivity contribution >= 4 is 25.5 Å². The standard InChI is InChI=1S/C13H12FNO5S2/c1-21(17,18)15-10-4-7-12(16)13(8-10)22(19,20)11-5-2-9(14)3-6-11/h2-8,15-16H,1H3. The molecule has 0 radical (unpaired) electrons. The molecule has 22 heavy (non-hydrogen) atoms. The van der Waals surface area contributed by atoms with Gasteiger partial charge in [-0.2, -0.15) is 0 Å². The van der Waals surface area contributed by atoms with Gasteiger partial charge in [-0.15, -0.1) is 0 Å². The number of hydrogen-bond acceptors (Lipinski definition) is 5. The Morgan fingerprint density at radius 3 is 2.14 bits per heavy atom. The minimum Gasteiger partial charge on any atom is -0.507 e. The van der Waals surface area contributed by atoms with Gasteiger partial charge in [0.2, 0.25) is 19.9 Å². The van der Waals surface area contributed by atoms with Gasteiger partial charge in [-0.3, -0.25) is 4.72 Å². The molecule has 2 rings (SSSR count). The molecule has 0 spiro atoms. The van der Waals surface area contributed by atoms with Crippen molar-refractivity contribution in [3.8, 4) is 5.75 Å². The molecule has 0 fully saturated rings. The average Bonchev–Trinajstić information content (AvgIpc) is 2.40. The van der Waals surface area contributed by atoms with E-state index in [9.17, 15) is 26.3 Å². The lowest BCUT2D eigenvalue weighted by Crippen LogP contribution is -2.10. The fourth-order valence-electron chi connectivity index (χ4n) is 1.75. The highest BCUT2D eigenvalue weighted by atomic mass is 32.2. The third kappa shape index (κ3) is 3.55. The van der Waals surface area contributed by atoms with Gasteiger partial charge < -0.3 is 5.11 Å². The molecule has 0 aliphatic rings. The number of anilines is 1. The van der Waals surface area contributed by atoms with Crippen molar-refractivity contribution in [1.29, 1.82) is 0 Å². The Morgan fingerprint density at radius 1 is 1.00 bits per heavy atom. The number of sulfone groups is 1. The number of halogens is 1. The molecule has 0 aliphatic carbocycles. The molecule has 0 heterocycles. The number of phenols is 1. The van der Waals surface area contributed by atoms with E-state index in [1.165, 1.54) is 6.07 Å². The molecule has 6 nitrogen and oxygen atoms in total. The molecule has 0 saturated carbocycles. The first-order valence-electron chi connectivity index (χ1n) is 5.91. The van der Waals surface area contributed by atoms with E-state index in [1.807, 2.05) is 0 Å². The number of aromatic hydroxyl groups is 1. The number of sulfonamides is 1. The van der Waals surface area contributed by atoms with E-state index in [2.05, 4.69) is 4.72 Å². The zero-order chi connectivity index (χ0) is 16.5.